The maximum Gasteiger partial charge on any atom is 0.222 e. The lowest BCUT2D eigenvalue weighted by atomic mass is 10.3. The standard InChI is InChI=1S/C19H30N4O3/c1-4-18(24)23-12-10-15(14-23)22-19(20-2)21-11-5-13-26-17-8-6-16(25-3)7-9-17/h6-9,15H,4-5,10-14H2,1-3H3,(H2,20,21,22). The van der Waals surface area contributed by atoms with Crippen LogP contribution in [0.5, 0.6) is 11.5 Å². The number of benzene rings is 1. The number of methoxy groups -OCH3 is 1. The normalized spacial score (nSPS) is 17.1. The second kappa shape index (κ2) is 10.5. The van der Waals surface area contributed by atoms with E-state index < -0.39 is 0 Å². The van der Waals surface area contributed by atoms with Crippen LogP contribution >= 0.6 is 0 Å². The Hall–Kier alpha value is -2.44. The van der Waals surface area contributed by atoms with Gasteiger partial charge in [-0.05, 0) is 37.1 Å². The fraction of sp³-hybridized carbons (Fsp3) is 0.579. The smallest absolute Gasteiger partial charge is 0.222 e. The Morgan fingerprint density at radius 1 is 1.31 bits per heavy atom. The molecule has 1 aliphatic rings. The Labute approximate surface area is 155 Å². The Kier molecular flexibility index (Phi) is 8.05. The van der Waals surface area contributed by atoms with Crippen LogP contribution in [0.15, 0.2) is 29.3 Å². The highest BCUT2D eigenvalue weighted by Gasteiger charge is 2.25. The van der Waals surface area contributed by atoms with E-state index in [9.17, 15) is 4.79 Å². The van der Waals surface area contributed by atoms with Crippen molar-refractivity contribution in [3.63, 3.8) is 0 Å². The quantitative estimate of drug-likeness (QED) is 0.418. The van der Waals surface area contributed by atoms with Crippen molar-refractivity contribution in [2.24, 2.45) is 4.99 Å². The van der Waals surface area contributed by atoms with E-state index in [1.54, 1.807) is 14.2 Å². The van der Waals surface area contributed by atoms with Crippen molar-refractivity contribution >= 4 is 11.9 Å². The summed E-state index contributed by atoms with van der Waals surface area (Å²) < 4.78 is 10.8. The Morgan fingerprint density at radius 3 is 2.69 bits per heavy atom. The van der Waals surface area contributed by atoms with E-state index in [0.717, 1.165) is 49.9 Å². The molecule has 1 aromatic rings. The highest BCUT2D eigenvalue weighted by atomic mass is 16.5. The lowest BCUT2D eigenvalue weighted by Crippen LogP contribution is -2.45. The molecule has 2 N–H and O–H groups in total. The van der Waals surface area contributed by atoms with Gasteiger partial charge in [0.15, 0.2) is 5.96 Å². The van der Waals surface area contributed by atoms with Gasteiger partial charge in [0.05, 0.1) is 13.7 Å². The first-order chi connectivity index (χ1) is 12.7. The summed E-state index contributed by atoms with van der Waals surface area (Å²) in [6.07, 6.45) is 2.37. The molecule has 144 valence electrons. The first-order valence-corrected chi connectivity index (χ1v) is 9.18. The largest absolute Gasteiger partial charge is 0.497 e. The number of hydrogen-bond donors (Lipinski definition) is 2. The summed E-state index contributed by atoms with van der Waals surface area (Å²) in [5, 5.41) is 6.68. The summed E-state index contributed by atoms with van der Waals surface area (Å²) in [6.45, 7) is 4.85. The summed E-state index contributed by atoms with van der Waals surface area (Å²) in [5.74, 6) is 2.64. The van der Waals surface area contributed by atoms with Gasteiger partial charge in [0.1, 0.15) is 11.5 Å². The van der Waals surface area contributed by atoms with Gasteiger partial charge in [-0.1, -0.05) is 6.92 Å². The van der Waals surface area contributed by atoms with Crippen LogP contribution in [0.25, 0.3) is 0 Å². The number of aliphatic imine (C=N–C) groups is 1. The fourth-order valence-corrected chi connectivity index (χ4v) is 2.86. The van der Waals surface area contributed by atoms with E-state index in [4.69, 9.17) is 9.47 Å². The lowest BCUT2D eigenvalue weighted by molar-refractivity contribution is -0.129. The molecule has 1 fully saturated rings. The molecule has 0 spiro atoms. The van der Waals surface area contributed by atoms with Crippen molar-refractivity contribution in [3.8, 4) is 11.5 Å². The number of carbonyl (C=O) groups excluding carboxylic acids is 1. The number of hydrogen-bond acceptors (Lipinski definition) is 4. The maximum absolute atomic E-state index is 11.7. The van der Waals surface area contributed by atoms with Gasteiger partial charge in [0.2, 0.25) is 5.91 Å². The molecule has 7 heteroatoms. The van der Waals surface area contributed by atoms with Crippen LogP contribution in [0.1, 0.15) is 26.2 Å². The molecule has 2 rings (SSSR count). The molecule has 7 nitrogen and oxygen atoms in total. The van der Waals surface area contributed by atoms with E-state index in [-0.39, 0.29) is 11.9 Å². The predicted octanol–water partition coefficient (Wildman–Crippen LogP) is 1.64. The number of guanidine groups is 1. The minimum atomic E-state index is 0.216. The zero-order chi connectivity index (χ0) is 18.8. The molecule has 1 unspecified atom stereocenters. The van der Waals surface area contributed by atoms with Gasteiger partial charge in [-0.2, -0.15) is 0 Å². The molecule has 1 saturated heterocycles. The summed E-state index contributed by atoms with van der Waals surface area (Å²) in [7, 11) is 3.40. The van der Waals surface area contributed by atoms with Crippen molar-refractivity contribution < 1.29 is 14.3 Å². The molecule has 26 heavy (non-hydrogen) atoms. The number of carbonyl (C=O) groups is 1. The number of ether oxygens (including phenoxy) is 2. The molecule has 0 aliphatic carbocycles. The number of rotatable bonds is 8. The first kappa shape index (κ1) is 19.9. The SMILES string of the molecule is CCC(=O)N1CCC(NC(=NC)NCCCOc2ccc(OC)cc2)C1. The summed E-state index contributed by atoms with van der Waals surface area (Å²) in [6, 6.07) is 7.82. The van der Waals surface area contributed by atoms with Crippen molar-refractivity contribution in [2.45, 2.75) is 32.2 Å². The van der Waals surface area contributed by atoms with Crippen molar-refractivity contribution in [3.05, 3.63) is 24.3 Å². The molecule has 1 aliphatic heterocycles. The third-order valence-corrected chi connectivity index (χ3v) is 4.35. The Bertz CT molecular complexity index is 589. The van der Waals surface area contributed by atoms with Crippen molar-refractivity contribution in [1.82, 2.24) is 15.5 Å². The molecular formula is C19H30N4O3. The van der Waals surface area contributed by atoms with Crippen LogP contribution in [0, 0.1) is 0 Å². The molecule has 1 amide bonds. The number of likely N-dealkylation sites (tertiary alicyclic amines) is 1. The summed E-state index contributed by atoms with van der Waals surface area (Å²) in [5.41, 5.74) is 0. The summed E-state index contributed by atoms with van der Waals surface area (Å²) >= 11 is 0. The van der Waals surface area contributed by atoms with Gasteiger partial charge in [0, 0.05) is 39.1 Å². The molecule has 0 aromatic heterocycles. The molecule has 0 bridgehead atoms. The van der Waals surface area contributed by atoms with Crippen LogP contribution in [0.2, 0.25) is 0 Å². The van der Waals surface area contributed by atoms with Gasteiger partial charge >= 0.3 is 0 Å². The topological polar surface area (TPSA) is 75.2 Å². The third-order valence-electron chi connectivity index (χ3n) is 4.35. The Morgan fingerprint density at radius 2 is 2.04 bits per heavy atom. The zero-order valence-electron chi connectivity index (χ0n) is 16.0. The van der Waals surface area contributed by atoms with Crippen LogP contribution in [0.4, 0.5) is 0 Å². The second-order valence-corrected chi connectivity index (χ2v) is 6.20. The van der Waals surface area contributed by atoms with Crippen LogP contribution in [-0.4, -0.2) is 63.2 Å². The molecular weight excluding hydrogens is 332 g/mol. The monoisotopic (exact) mass is 362 g/mol. The van der Waals surface area contributed by atoms with Gasteiger partial charge in [-0.25, -0.2) is 0 Å². The van der Waals surface area contributed by atoms with E-state index in [0.29, 0.717) is 13.0 Å². The van der Waals surface area contributed by atoms with E-state index in [1.807, 2.05) is 36.1 Å². The highest BCUT2D eigenvalue weighted by molar-refractivity contribution is 5.80. The van der Waals surface area contributed by atoms with Crippen LogP contribution in [-0.2, 0) is 4.79 Å². The molecule has 1 aromatic carbocycles. The minimum absolute atomic E-state index is 0.216. The number of nitrogens with one attached hydrogen (secondary N) is 2. The van der Waals surface area contributed by atoms with E-state index in [1.165, 1.54) is 0 Å². The van der Waals surface area contributed by atoms with Crippen LogP contribution in [0.3, 0.4) is 0 Å². The minimum Gasteiger partial charge on any atom is -0.497 e. The van der Waals surface area contributed by atoms with E-state index >= 15 is 0 Å². The van der Waals surface area contributed by atoms with Gasteiger partial charge in [-0.15, -0.1) is 0 Å². The predicted molar refractivity (Wildman–Crippen MR) is 103 cm³/mol. The van der Waals surface area contributed by atoms with Gasteiger partial charge in [0.25, 0.3) is 0 Å². The average Bonchev–Trinajstić information content (AvgIpc) is 3.15. The van der Waals surface area contributed by atoms with Crippen molar-refractivity contribution in [1.29, 1.82) is 0 Å². The van der Waals surface area contributed by atoms with Crippen LogP contribution < -0.4 is 20.1 Å². The lowest BCUT2D eigenvalue weighted by Gasteiger charge is -2.18. The second-order valence-electron chi connectivity index (χ2n) is 6.20. The van der Waals surface area contributed by atoms with E-state index in [2.05, 4.69) is 15.6 Å². The van der Waals surface area contributed by atoms with Gasteiger partial charge in [-0.3, -0.25) is 9.79 Å². The van der Waals surface area contributed by atoms with Gasteiger partial charge < -0.3 is 25.0 Å². The number of amides is 1. The highest BCUT2D eigenvalue weighted by Crippen LogP contribution is 2.17. The zero-order valence-corrected chi connectivity index (χ0v) is 16.0. The van der Waals surface area contributed by atoms with Crippen molar-refractivity contribution in [2.75, 3.05) is 40.4 Å². The first-order valence-electron chi connectivity index (χ1n) is 9.18. The molecule has 0 saturated carbocycles. The molecule has 1 atom stereocenters. The average molecular weight is 362 g/mol. The third kappa shape index (κ3) is 6.13. The molecule has 0 radical (unpaired) electrons. The molecule has 1 heterocycles. The maximum atomic E-state index is 11.7. The fourth-order valence-electron chi connectivity index (χ4n) is 2.86. The number of nitrogens with zero attached hydrogens (tertiary/aromatic N) is 2. The summed E-state index contributed by atoms with van der Waals surface area (Å²) in [4.78, 5) is 17.9. The Balaban J connectivity index is 1.62.